The lowest BCUT2D eigenvalue weighted by atomic mass is 10.2. The van der Waals surface area contributed by atoms with Crippen molar-refractivity contribution in [2.45, 2.75) is 32.6 Å². The molecule has 0 aliphatic rings. The van der Waals surface area contributed by atoms with Gasteiger partial charge in [0.1, 0.15) is 0 Å². The van der Waals surface area contributed by atoms with Crippen LogP contribution in [0.4, 0.5) is 0 Å². The molecule has 0 saturated heterocycles. The number of aryl methyl sites for hydroxylation is 1. The summed E-state index contributed by atoms with van der Waals surface area (Å²) in [6.45, 7) is 5.71. The number of aliphatic hydroxyl groups is 1. The van der Waals surface area contributed by atoms with E-state index in [4.69, 9.17) is 4.74 Å². The lowest BCUT2D eigenvalue weighted by Crippen LogP contribution is -2.31. The van der Waals surface area contributed by atoms with Crippen molar-refractivity contribution < 1.29 is 9.84 Å². The maximum absolute atomic E-state index is 9.90. The lowest BCUT2D eigenvalue weighted by molar-refractivity contribution is 0.0288. The number of ether oxygens (including phenoxy) is 1. The Morgan fingerprint density at radius 3 is 2.85 bits per heavy atom. The molecule has 0 aromatic carbocycles. The summed E-state index contributed by atoms with van der Waals surface area (Å²) in [5.74, 6) is 0. The summed E-state index contributed by atoms with van der Waals surface area (Å²) in [7, 11) is 0. The topological polar surface area (TPSA) is 41.5 Å². The van der Waals surface area contributed by atoms with Gasteiger partial charge in [-0.2, -0.15) is 0 Å². The van der Waals surface area contributed by atoms with Crippen LogP contribution in [0.2, 0.25) is 0 Å². The lowest BCUT2D eigenvalue weighted by Gasteiger charge is -2.16. The number of thiophene rings is 2. The van der Waals surface area contributed by atoms with E-state index in [1.165, 1.54) is 14.6 Å². The summed E-state index contributed by atoms with van der Waals surface area (Å²) in [6, 6.07) is 8.57. The molecule has 0 spiro atoms. The van der Waals surface area contributed by atoms with Crippen LogP contribution in [-0.4, -0.2) is 24.4 Å². The molecule has 20 heavy (non-hydrogen) atoms. The van der Waals surface area contributed by atoms with E-state index in [2.05, 4.69) is 31.3 Å². The molecule has 0 radical (unpaired) electrons. The molecule has 2 aromatic heterocycles. The van der Waals surface area contributed by atoms with Crippen LogP contribution in [0.15, 0.2) is 29.6 Å². The third-order valence-electron chi connectivity index (χ3n) is 2.98. The summed E-state index contributed by atoms with van der Waals surface area (Å²) >= 11 is 3.46. The third kappa shape index (κ3) is 5.00. The Hall–Kier alpha value is -0.720. The Kier molecular flexibility index (Phi) is 6.19. The molecule has 110 valence electrons. The first-order valence-electron chi connectivity index (χ1n) is 6.73. The second-order valence-corrected chi connectivity index (χ2v) is 7.18. The van der Waals surface area contributed by atoms with Gasteiger partial charge < -0.3 is 15.2 Å². The number of nitrogens with one attached hydrogen (secondary N) is 1. The molecule has 0 amide bonds. The van der Waals surface area contributed by atoms with Gasteiger partial charge in [0.25, 0.3) is 0 Å². The maximum Gasteiger partial charge on any atom is 0.0898 e. The Morgan fingerprint density at radius 1 is 1.35 bits per heavy atom. The van der Waals surface area contributed by atoms with Crippen LogP contribution in [0, 0.1) is 6.92 Å². The molecule has 0 fully saturated rings. The van der Waals surface area contributed by atoms with Crippen molar-refractivity contribution in [3.05, 3.63) is 44.3 Å². The number of rotatable bonds is 8. The zero-order valence-electron chi connectivity index (χ0n) is 11.8. The van der Waals surface area contributed by atoms with Gasteiger partial charge in [0.15, 0.2) is 0 Å². The molecule has 3 nitrogen and oxygen atoms in total. The first-order chi connectivity index (χ1) is 9.65. The number of aliphatic hydroxyl groups excluding tert-OH is 1. The van der Waals surface area contributed by atoms with Crippen molar-refractivity contribution in [2.24, 2.45) is 0 Å². The quantitative estimate of drug-likeness (QED) is 0.785. The van der Waals surface area contributed by atoms with Crippen molar-refractivity contribution in [2.75, 3.05) is 13.2 Å². The van der Waals surface area contributed by atoms with E-state index in [0.29, 0.717) is 19.8 Å². The normalized spacial score (nSPS) is 14.3. The molecule has 5 heteroatoms. The van der Waals surface area contributed by atoms with Crippen LogP contribution < -0.4 is 5.32 Å². The van der Waals surface area contributed by atoms with Gasteiger partial charge in [-0.15, -0.1) is 22.7 Å². The van der Waals surface area contributed by atoms with Gasteiger partial charge in [-0.1, -0.05) is 6.07 Å². The minimum absolute atomic E-state index is 0.264. The predicted molar refractivity (Wildman–Crippen MR) is 85.5 cm³/mol. The fourth-order valence-electron chi connectivity index (χ4n) is 1.85. The Morgan fingerprint density at radius 2 is 2.20 bits per heavy atom. The molecule has 2 N–H and O–H groups in total. The van der Waals surface area contributed by atoms with Gasteiger partial charge in [0.2, 0.25) is 0 Å². The second kappa shape index (κ2) is 7.90. The van der Waals surface area contributed by atoms with Gasteiger partial charge in [-0.05, 0) is 37.4 Å². The van der Waals surface area contributed by atoms with Crippen molar-refractivity contribution in [3.8, 4) is 0 Å². The van der Waals surface area contributed by atoms with Gasteiger partial charge in [0, 0.05) is 27.2 Å². The average Bonchev–Trinajstić information content (AvgIpc) is 3.07. The molecule has 0 aliphatic carbocycles. The third-order valence-corrected chi connectivity index (χ3v) is 5.02. The zero-order chi connectivity index (χ0) is 14.4. The van der Waals surface area contributed by atoms with Crippen LogP contribution in [-0.2, 0) is 11.3 Å². The largest absolute Gasteiger partial charge is 0.389 e. The van der Waals surface area contributed by atoms with Crippen LogP contribution in [0.3, 0.4) is 0 Å². The molecule has 2 unspecified atom stereocenters. The molecule has 2 rings (SSSR count). The van der Waals surface area contributed by atoms with Crippen molar-refractivity contribution in [1.29, 1.82) is 0 Å². The zero-order valence-corrected chi connectivity index (χ0v) is 13.5. The maximum atomic E-state index is 9.90. The van der Waals surface area contributed by atoms with E-state index in [0.717, 1.165) is 0 Å². The highest BCUT2D eigenvalue weighted by atomic mass is 32.1. The van der Waals surface area contributed by atoms with E-state index in [1.54, 1.807) is 22.7 Å². The van der Waals surface area contributed by atoms with Gasteiger partial charge in [-0.3, -0.25) is 0 Å². The van der Waals surface area contributed by atoms with E-state index in [-0.39, 0.29) is 6.04 Å². The smallest absolute Gasteiger partial charge is 0.0898 e. The van der Waals surface area contributed by atoms with Crippen molar-refractivity contribution in [3.63, 3.8) is 0 Å². The Labute approximate surface area is 128 Å². The summed E-state index contributed by atoms with van der Waals surface area (Å²) in [5.41, 5.74) is 0. The molecular formula is C15H21NO2S2. The van der Waals surface area contributed by atoms with Crippen LogP contribution in [0.1, 0.15) is 27.6 Å². The Bertz CT molecular complexity index is 496. The monoisotopic (exact) mass is 311 g/mol. The Balaban J connectivity index is 1.63. The average molecular weight is 311 g/mol. The van der Waals surface area contributed by atoms with Crippen LogP contribution in [0.5, 0.6) is 0 Å². The van der Waals surface area contributed by atoms with Crippen molar-refractivity contribution in [1.82, 2.24) is 5.32 Å². The molecule has 2 heterocycles. The van der Waals surface area contributed by atoms with Gasteiger partial charge in [-0.25, -0.2) is 0 Å². The molecule has 2 atom stereocenters. The van der Waals surface area contributed by atoms with Crippen molar-refractivity contribution >= 4 is 22.7 Å². The van der Waals surface area contributed by atoms with E-state index in [1.807, 2.05) is 17.5 Å². The molecule has 0 saturated carbocycles. The van der Waals surface area contributed by atoms with Crippen LogP contribution in [0.25, 0.3) is 0 Å². The summed E-state index contributed by atoms with van der Waals surface area (Å²) in [5, 5.41) is 15.3. The first kappa shape index (κ1) is 15.7. The SMILES string of the molecule is Cc1ccc(C(C)NCC(O)COCc2cccs2)s1. The highest BCUT2D eigenvalue weighted by Gasteiger charge is 2.10. The fraction of sp³-hybridized carbons (Fsp3) is 0.467. The van der Waals surface area contributed by atoms with E-state index in [9.17, 15) is 5.11 Å². The standard InChI is InChI=1S/C15H21NO2S2/c1-11-5-6-15(20-11)12(2)16-8-13(17)9-18-10-14-4-3-7-19-14/h3-7,12-13,16-17H,8-10H2,1-2H3. The van der Waals surface area contributed by atoms with Gasteiger partial charge >= 0.3 is 0 Å². The molecular weight excluding hydrogens is 290 g/mol. The highest BCUT2D eigenvalue weighted by Crippen LogP contribution is 2.22. The van der Waals surface area contributed by atoms with E-state index >= 15 is 0 Å². The summed E-state index contributed by atoms with van der Waals surface area (Å²) < 4.78 is 5.50. The number of hydrogen-bond acceptors (Lipinski definition) is 5. The molecule has 2 aromatic rings. The van der Waals surface area contributed by atoms with E-state index < -0.39 is 6.10 Å². The second-order valence-electron chi connectivity index (χ2n) is 4.83. The minimum atomic E-state index is -0.474. The number of hydrogen-bond donors (Lipinski definition) is 2. The predicted octanol–water partition coefficient (Wildman–Crippen LogP) is 3.35. The van der Waals surface area contributed by atoms with Gasteiger partial charge in [0.05, 0.1) is 19.3 Å². The summed E-state index contributed by atoms with van der Waals surface area (Å²) in [4.78, 5) is 3.80. The van der Waals surface area contributed by atoms with Crippen LogP contribution >= 0.6 is 22.7 Å². The fourth-order valence-corrected chi connectivity index (χ4v) is 3.39. The highest BCUT2D eigenvalue weighted by molar-refractivity contribution is 7.12. The molecule has 0 bridgehead atoms. The molecule has 0 aliphatic heterocycles. The summed E-state index contributed by atoms with van der Waals surface area (Å²) in [6.07, 6.45) is -0.474. The minimum Gasteiger partial charge on any atom is -0.389 e. The first-order valence-corrected chi connectivity index (χ1v) is 8.42.